The molecule has 1 heteroatoms. The summed E-state index contributed by atoms with van der Waals surface area (Å²) in [6, 6.07) is 10.3. The Balaban J connectivity index is 1.67. The number of allylic oxidation sites excluding steroid dienone is 1. The van der Waals surface area contributed by atoms with Gasteiger partial charge in [0.1, 0.15) is 0 Å². The molecule has 1 aliphatic rings. The highest BCUT2D eigenvalue weighted by molar-refractivity contribution is 5.13. The highest BCUT2D eigenvalue weighted by Gasteiger charge is 2.33. The first kappa shape index (κ1) is 9.47. The van der Waals surface area contributed by atoms with Crippen molar-refractivity contribution >= 4 is 0 Å². The Hall–Kier alpha value is -1.08. The summed E-state index contributed by atoms with van der Waals surface area (Å²) in [5.41, 5.74) is 1.25. The summed E-state index contributed by atoms with van der Waals surface area (Å²) in [5.74, 6) is 1.45. The lowest BCUT2D eigenvalue weighted by Crippen LogP contribution is -1.97. The van der Waals surface area contributed by atoms with Gasteiger partial charge in [-0.3, -0.25) is 0 Å². The van der Waals surface area contributed by atoms with Crippen molar-refractivity contribution in [2.45, 2.75) is 13.0 Å². The van der Waals surface area contributed by atoms with E-state index in [9.17, 15) is 0 Å². The van der Waals surface area contributed by atoms with E-state index in [0.29, 0.717) is 5.92 Å². The molecule has 0 radical (unpaired) electrons. The summed E-state index contributed by atoms with van der Waals surface area (Å²) in [7, 11) is 0. The maximum atomic E-state index is 5.63. The summed E-state index contributed by atoms with van der Waals surface area (Å²) < 4.78 is 5.63. The number of ether oxygens (including phenoxy) is 1. The van der Waals surface area contributed by atoms with Crippen LogP contribution >= 0.6 is 0 Å². The van der Waals surface area contributed by atoms with Crippen molar-refractivity contribution in [2.75, 3.05) is 6.61 Å². The smallest absolute Gasteiger partial charge is 0.0717 e. The van der Waals surface area contributed by atoms with Crippen LogP contribution in [0.5, 0.6) is 0 Å². The topological polar surface area (TPSA) is 9.23 Å². The molecule has 2 atom stereocenters. The molecular weight excluding hydrogens is 172 g/mol. The minimum absolute atomic E-state index is 0.714. The van der Waals surface area contributed by atoms with Gasteiger partial charge in [-0.1, -0.05) is 36.4 Å². The molecule has 1 saturated carbocycles. The van der Waals surface area contributed by atoms with E-state index in [4.69, 9.17) is 4.74 Å². The molecular formula is C13H16O. The average molecular weight is 188 g/mol. The minimum atomic E-state index is 0.714. The SMILES string of the molecule is C=C[C@@H]1C[C@@H]1COCc1ccccc1. The predicted molar refractivity (Wildman–Crippen MR) is 57.9 cm³/mol. The van der Waals surface area contributed by atoms with E-state index >= 15 is 0 Å². The highest BCUT2D eigenvalue weighted by Crippen LogP contribution is 2.39. The number of hydrogen-bond acceptors (Lipinski definition) is 1. The van der Waals surface area contributed by atoms with Gasteiger partial charge in [-0.05, 0) is 23.8 Å². The zero-order valence-corrected chi connectivity index (χ0v) is 8.36. The van der Waals surface area contributed by atoms with Crippen LogP contribution in [0, 0.1) is 11.8 Å². The van der Waals surface area contributed by atoms with Gasteiger partial charge >= 0.3 is 0 Å². The quantitative estimate of drug-likeness (QED) is 0.645. The second kappa shape index (κ2) is 4.43. The first-order valence-corrected chi connectivity index (χ1v) is 5.14. The van der Waals surface area contributed by atoms with Crippen molar-refractivity contribution < 1.29 is 4.74 Å². The largest absolute Gasteiger partial charge is 0.376 e. The molecule has 0 unspecified atom stereocenters. The Morgan fingerprint density at radius 1 is 1.36 bits per heavy atom. The molecule has 1 aromatic rings. The summed E-state index contributed by atoms with van der Waals surface area (Å²) in [4.78, 5) is 0. The molecule has 1 aromatic carbocycles. The van der Waals surface area contributed by atoms with Gasteiger partial charge in [0.05, 0.1) is 13.2 Å². The summed E-state index contributed by atoms with van der Waals surface area (Å²) in [5, 5.41) is 0. The van der Waals surface area contributed by atoms with Gasteiger partial charge in [-0.25, -0.2) is 0 Å². The lowest BCUT2D eigenvalue weighted by Gasteiger charge is -2.02. The van der Waals surface area contributed by atoms with Gasteiger partial charge in [0, 0.05) is 0 Å². The molecule has 1 fully saturated rings. The average Bonchev–Trinajstić information content (AvgIpc) is 2.98. The minimum Gasteiger partial charge on any atom is -0.376 e. The fourth-order valence-electron chi connectivity index (χ4n) is 1.65. The fourth-order valence-corrected chi connectivity index (χ4v) is 1.65. The molecule has 0 heterocycles. The molecule has 0 amide bonds. The Kier molecular flexibility index (Phi) is 3.00. The first-order chi connectivity index (χ1) is 6.90. The van der Waals surface area contributed by atoms with Crippen LogP contribution in [-0.4, -0.2) is 6.61 Å². The van der Waals surface area contributed by atoms with Crippen molar-refractivity contribution in [1.82, 2.24) is 0 Å². The Bertz CT molecular complexity index is 291. The molecule has 74 valence electrons. The van der Waals surface area contributed by atoms with E-state index in [0.717, 1.165) is 19.1 Å². The molecule has 0 spiro atoms. The second-order valence-corrected chi connectivity index (χ2v) is 3.90. The van der Waals surface area contributed by atoms with Crippen LogP contribution in [0.4, 0.5) is 0 Å². The third-order valence-corrected chi connectivity index (χ3v) is 2.72. The predicted octanol–water partition coefficient (Wildman–Crippen LogP) is 3.03. The van der Waals surface area contributed by atoms with Crippen LogP contribution in [0.3, 0.4) is 0 Å². The molecule has 1 aliphatic carbocycles. The van der Waals surface area contributed by atoms with Crippen molar-refractivity contribution in [3.63, 3.8) is 0 Å². The summed E-state index contributed by atoms with van der Waals surface area (Å²) >= 11 is 0. The molecule has 2 rings (SSSR count). The molecule has 0 bridgehead atoms. The monoisotopic (exact) mass is 188 g/mol. The highest BCUT2D eigenvalue weighted by atomic mass is 16.5. The van der Waals surface area contributed by atoms with Crippen LogP contribution in [0.15, 0.2) is 43.0 Å². The van der Waals surface area contributed by atoms with E-state index in [-0.39, 0.29) is 0 Å². The van der Waals surface area contributed by atoms with Gasteiger partial charge in [-0.15, -0.1) is 6.58 Å². The van der Waals surface area contributed by atoms with Gasteiger partial charge in [0.2, 0.25) is 0 Å². The summed E-state index contributed by atoms with van der Waals surface area (Å²) in [6.07, 6.45) is 3.30. The maximum absolute atomic E-state index is 5.63. The summed E-state index contributed by atoms with van der Waals surface area (Å²) in [6.45, 7) is 5.40. The van der Waals surface area contributed by atoms with Crippen molar-refractivity contribution in [1.29, 1.82) is 0 Å². The zero-order chi connectivity index (χ0) is 9.80. The first-order valence-electron chi connectivity index (χ1n) is 5.14. The third-order valence-electron chi connectivity index (χ3n) is 2.72. The second-order valence-electron chi connectivity index (χ2n) is 3.90. The van der Waals surface area contributed by atoms with Crippen LogP contribution in [0.25, 0.3) is 0 Å². The standard InChI is InChI=1S/C13H16O/c1-2-12-8-13(12)10-14-9-11-6-4-3-5-7-11/h2-7,12-13H,1,8-10H2/t12-,13-/m1/s1. The molecule has 14 heavy (non-hydrogen) atoms. The maximum Gasteiger partial charge on any atom is 0.0717 e. The van der Waals surface area contributed by atoms with E-state index < -0.39 is 0 Å². The van der Waals surface area contributed by atoms with E-state index in [2.05, 4.69) is 18.7 Å². The zero-order valence-electron chi connectivity index (χ0n) is 8.36. The van der Waals surface area contributed by atoms with E-state index in [1.807, 2.05) is 24.3 Å². The number of hydrogen-bond donors (Lipinski definition) is 0. The lowest BCUT2D eigenvalue weighted by molar-refractivity contribution is 0.109. The number of rotatable bonds is 5. The van der Waals surface area contributed by atoms with Crippen molar-refractivity contribution in [3.8, 4) is 0 Å². The van der Waals surface area contributed by atoms with Crippen LogP contribution in [0.1, 0.15) is 12.0 Å². The molecule has 0 aromatic heterocycles. The molecule has 0 N–H and O–H groups in total. The molecule has 1 nitrogen and oxygen atoms in total. The van der Waals surface area contributed by atoms with Gasteiger partial charge in [0.25, 0.3) is 0 Å². The fraction of sp³-hybridized carbons (Fsp3) is 0.385. The normalized spacial score (nSPS) is 24.6. The van der Waals surface area contributed by atoms with Crippen LogP contribution < -0.4 is 0 Å². The van der Waals surface area contributed by atoms with Crippen LogP contribution in [0.2, 0.25) is 0 Å². The molecule has 0 aliphatic heterocycles. The van der Waals surface area contributed by atoms with E-state index in [1.54, 1.807) is 0 Å². The molecule has 0 saturated heterocycles. The lowest BCUT2D eigenvalue weighted by atomic mass is 10.2. The van der Waals surface area contributed by atoms with Crippen LogP contribution in [-0.2, 0) is 11.3 Å². The Morgan fingerprint density at radius 2 is 2.14 bits per heavy atom. The van der Waals surface area contributed by atoms with Crippen molar-refractivity contribution in [2.24, 2.45) is 11.8 Å². The van der Waals surface area contributed by atoms with Gasteiger partial charge in [-0.2, -0.15) is 0 Å². The van der Waals surface area contributed by atoms with Gasteiger partial charge in [0.15, 0.2) is 0 Å². The van der Waals surface area contributed by atoms with E-state index in [1.165, 1.54) is 12.0 Å². The third kappa shape index (κ3) is 2.46. The Morgan fingerprint density at radius 3 is 2.79 bits per heavy atom. The van der Waals surface area contributed by atoms with Crippen molar-refractivity contribution in [3.05, 3.63) is 48.6 Å². The Labute approximate surface area is 85.4 Å². The van der Waals surface area contributed by atoms with Gasteiger partial charge < -0.3 is 4.74 Å². The number of benzene rings is 1.